The molecule has 0 saturated carbocycles. The van der Waals surface area contributed by atoms with Crippen LogP contribution in [0.1, 0.15) is 5.69 Å². The number of hydrogen-bond donors (Lipinski definition) is 2. The van der Waals surface area contributed by atoms with Crippen LogP contribution < -0.4 is 20.7 Å². The lowest BCUT2D eigenvalue weighted by Gasteiger charge is -2.29. The fourth-order valence-corrected chi connectivity index (χ4v) is 4.24. The Kier molecular flexibility index (Phi) is 6.11. The van der Waals surface area contributed by atoms with E-state index in [-0.39, 0.29) is 0 Å². The van der Waals surface area contributed by atoms with Gasteiger partial charge in [-0.3, -0.25) is 15.4 Å². The molecule has 1 fully saturated rings. The maximum absolute atomic E-state index is 5.48. The van der Waals surface area contributed by atoms with Gasteiger partial charge in [0, 0.05) is 42.4 Å². The molecule has 0 unspecified atom stereocenters. The summed E-state index contributed by atoms with van der Waals surface area (Å²) < 4.78 is 5.48. The normalized spacial score (nSPS) is 15.4. The lowest BCUT2D eigenvalue weighted by Crippen LogP contribution is -2.36. The van der Waals surface area contributed by atoms with Crippen molar-refractivity contribution in [3.05, 3.63) is 90.9 Å². The first-order chi connectivity index (χ1) is 17.8. The Morgan fingerprint density at radius 3 is 2.53 bits per heavy atom. The summed E-state index contributed by atoms with van der Waals surface area (Å²) >= 11 is 0. The van der Waals surface area contributed by atoms with Gasteiger partial charge in [-0.15, -0.1) is 0 Å². The van der Waals surface area contributed by atoms with Crippen molar-refractivity contribution in [3.8, 4) is 11.3 Å². The van der Waals surface area contributed by atoms with Crippen molar-refractivity contribution in [3.63, 3.8) is 0 Å². The maximum atomic E-state index is 5.48. The first kappa shape index (κ1) is 22.0. The number of hydrazine groups is 1. The highest BCUT2D eigenvalue weighted by Gasteiger charge is 2.17. The number of aliphatic imine (C=N–C) groups is 1. The van der Waals surface area contributed by atoms with Gasteiger partial charge in [-0.05, 0) is 54.6 Å². The third-order valence-corrected chi connectivity index (χ3v) is 6.13. The highest BCUT2D eigenvalue weighted by molar-refractivity contribution is 5.99. The molecule has 9 heteroatoms. The van der Waals surface area contributed by atoms with Gasteiger partial charge in [0.25, 0.3) is 0 Å². The van der Waals surface area contributed by atoms with Gasteiger partial charge >= 0.3 is 0 Å². The van der Waals surface area contributed by atoms with Crippen LogP contribution in [0.25, 0.3) is 11.3 Å². The number of aromatic nitrogens is 3. The minimum Gasteiger partial charge on any atom is -0.378 e. The molecular weight excluding hydrogens is 452 g/mol. The van der Waals surface area contributed by atoms with Crippen LogP contribution >= 0.6 is 0 Å². The van der Waals surface area contributed by atoms with Crippen LogP contribution in [-0.4, -0.2) is 53.8 Å². The summed E-state index contributed by atoms with van der Waals surface area (Å²) in [5.41, 5.74) is 9.17. The quantitative estimate of drug-likeness (QED) is 0.432. The summed E-state index contributed by atoms with van der Waals surface area (Å²) in [5.74, 6) is 1.32. The fourth-order valence-electron chi connectivity index (χ4n) is 4.24. The molecule has 2 aromatic heterocycles. The van der Waals surface area contributed by atoms with Crippen molar-refractivity contribution in [1.82, 2.24) is 20.4 Å². The van der Waals surface area contributed by atoms with E-state index in [4.69, 9.17) is 9.72 Å². The third-order valence-electron chi connectivity index (χ3n) is 6.13. The highest BCUT2D eigenvalue weighted by atomic mass is 16.5. The van der Waals surface area contributed by atoms with Gasteiger partial charge in [-0.25, -0.2) is 15.0 Å². The standard InChI is InChI=1S/C27H26N8O/c1-2-12-28-25(6-1)26-30-19-35(33-26)22-9-7-21(8-10-22)31-27-29-13-11-24(32-27)20-4-3-5-23(18-20)34-14-16-36-17-15-34/h1-13,18H,14-17,19H2,(H,30,33)(H,29,31,32). The van der Waals surface area contributed by atoms with Crippen LogP contribution in [0.4, 0.5) is 23.0 Å². The number of nitrogens with one attached hydrogen (secondary N) is 2. The van der Waals surface area contributed by atoms with E-state index in [0.29, 0.717) is 12.6 Å². The smallest absolute Gasteiger partial charge is 0.227 e. The van der Waals surface area contributed by atoms with Gasteiger partial charge in [0.1, 0.15) is 12.4 Å². The Bertz CT molecular complexity index is 1350. The summed E-state index contributed by atoms with van der Waals surface area (Å²) in [7, 11) is 0. The van der Waals surface area contributed by atoms with Crippen LogP contribution in [0.3, 0.4) is 0 Å². The van der Waals surface area contributed by atoms with Crippen molar-refractivity contribution < 1.29 is 4.74 Å². The second-order valence-corrected chi connectivity index (χ2v) is 8.49. The van der Waals surface area contributed by atoms with Gasteiger partial charge in [-0.2, -0.15) is 0 Å². The largest absolute Gasteiger partial charge is 0.378 e. The van der Waals surface area contributed by atoms with Gasteiger partial charge in [0.2, 0.25) is 5.95 Å². The Hall–Kier alpha value is -4.50. The van der Waals surface area contributed by atoms with E-state index in [0.717, 1.165) is 60.5 Å². The van der Waals surface area contributed by atoms with Crippen molar-refractivity contribution in [2.24, 2.45) is 4.99 Å². The molecule has 2 N–H and O–H groups in total. The molecule has 1 saturated heterocycles. The van der Waals surface area contributed by atoms with Crippen LogP contribution in [-0.2, 0) is 4.74 Å². The number of ether oxygens (including phenoxy) is 1. The van der Waals surface area contributed by atoms with E-state index in [1.165, 1.54) is 5.69 Å². The van der Waals surface area contributed by atoms with Gasteiger partial charge in [-0.1, -0.05) is 18.2 Å². The number of nitrogens with zero attached hydrogens (tertiary/aromatic N) is 6. The van der Waals surface area contributed by atoms with E-state index in [9.17, 15) is 0 Å². The predicted octanol–water partition coefficient (Wildman–Crippen LogP) is 3.85. The second-order valence-electron chi connectivity index (χ2n) is 8.49. The van der Waals surface area contributed by atoms with Crippen molar-refractivity contribution in [2.75, 3.05) is 48.2 Å². The van der Waals surface area contributed by atoms with Gasteiger partial charge in [0.05, 0.1) is 24.6 Å². The lowest BCUT2D eigenvalue weighted by molar-refractivity contribution is 0.122. The molecule has 180 valence electrons. The molecule has 0 radical (unpaired) electrons. The Morgan fingerprint density at radius 1 is 0.806 bits per heavy atom. The summed E-state index contributed by atoms with van der Waals surface area (Å²) in [6.07, 6.45) is 3.55. The Morgan fingerprint density at radius 2 is 1.69 bits per heavy atom. The molecular formula is C27H26N8O. The minimum atomic E-state index is 0.521. The molecule has 2 aliphatic rings. The molecule has 2 aromatic carbocycles. The van der Waals surface area contributed by atoms with E-state index in [1.807, 2.05) is 53.5 Å². The minimum absolute atomic E-state index is 0.521. The van der Waals surface area contributed by atoms with Crippen LogP contribution in [0.15, 0.2) is 90.2 Å². The SMILES string of the molecule is c1ccc(C2=NCN(c3ccc(Nc4nccc(-c5cccc(N6CCOCC6)c5)n4)cc3)N2)nc1. The molecule has 0 atom stereocenters. The van der Waals surface area contributed by atoms with E-state index in [1.54, 1.807) is 12.4 Å². The highest BCUT2D eigenvalue weighted by Crippen LogP contribution is 2.26. The molecule has 0 aliphatic carbocycles. The monoisotopic (exact) mass is 478 g/mol. The van der Waals surface area contributed by atoms with Crippen LogP contribution in [0.5, 0.6) is 0 Å². The van der Waals surface area contributed by atoms with Crippen molar-refractivity contribution in [1.29, 1.82) is 0 Å². The van der Waals surface area contributed by atoms with Gasteiger partial charge < -0.3 is 15.0 Å². The first-order valence-electron chi connectivity index (χ1n) is 12.0. The average Bonchev–Trinajstić information content (AvgIpc) is 3.45. The van der Waals surface area contributed by atoms with Crippen molar-refractivity contribution >= 4 is 28.8 Å². The van der Waals surface area contributed by atoms with E-state index >= 15 is 0 Å². The average molecular weight is 479 g/mol. The zero-order chi connectivity index (χ0) is 24.2. The van der Waals surface area contributed by atoms with Gasteiger partial charge in [0.15, 0.2) is 5.84 Å². The molecule has 0 bridgehead atoms. The molecule has 36 heavy (non-hydrogen) atoms. The molecule has 6 rings (SSSR count). The number of anilines is 4. The zero-order valence-corrected chi connectivity index (χ0v) is 19.7. The number of hydrogen-bond acceptors (Lipinski definition) is 9. The number of amidine groups is 1. The molecule has 2 aliphatic heterocycles. The number of morpholine rings is 1. The van der Waals surface area contributed by atoms with E-state index < -0.39 is 0 Å². The predicted molar refractivity (Wildman–Crippen MR) is 141 cm³/mol. The molecule has 4 aromatic rings. The van der Waals surface area contributed by atoms with Crippen LogP contribution in [0.2, 0.25) is 0 Å². The first-order valence-corrected chi connectivity index (χ1v) is 12.0. The summed E-state index contributed by atoms with van der Waals surface area (Å²) in [6.45, 7) is 3.85. The summed E-state index contributed by atoms with van der Waals surface area (Å²) in [4.78, 5) is 20.4. The Balaban J connectivity index is 1.13. The summed E-state index contributed by atoms with van der Waals surface area (Å²) in [6, 6.07) is 24.3. The fraction of sp³-hybridized carbons (Fsp3) is 0.185. The zero-order valence-electron chi connectivity index (χ0n) is 19.7. The van der Waals surface area contributed by atoms with Crippen LogP contribution in [0, 0.1) is 0 Å². The summed E-state index contributed by atoms with van der Waals surface area (Å²) in [5, 5.41) is 5.30. The number of rotatable bonds is 6. The maximum Gasteiger partial charge on any atom is 0.227 e. The topological polar surface area (TPSA) is 90.8 Å². The molecule has 0 spiro atoms. The Labute approximate surface area is 209 Å². The molecule has 4 heterocycles. The molecule has 0 amide bonds. The number of benzene rings is 2. The second kappa shape index (κ2) is 10.0. The van der Waals surface area contributed by atoms with E-state index in [2.05, 4.69) is 54.9 Å². The number of pyridine rings is 1. The van der Waals surface area contributed by atoms with Crippen molar-refractivity contribution in [2.45, 2.75) is 0 Å². The lowest BCUT2D eigenvalue weighted by atomic mass is 10.1. The molecule has 9 nitrogen and oxygen atoms in total. The third kappa shape index (κ3) is 4.82.